The number of fused-ring (bicyclic) bond motifs is 1. The second kappa shape index (κ2) is 5.89. The normalized spacial score (nSPS) is 24.5. The Bertz CT molecular complexity index is 695. The fraction of sp³-hybridized carbons (Fsp3) is 0.471. The van der Waals surface area contributed by atoms with E-state index in [1.807, 2.05) is 0 Å². The molecule has 4 rings (SSSR count). The number of benzene rings is 1. The third-order valence-corrected chi connectivity index (χ3v) is 5.08. The molecule has 3 heterocycles. The van der Waals surface area contributed by atoms with Crippen LogP contribution < -0.4 is 5.32 Å². The number of nitrogens with one attached hydrogen (secondary N) is 2. The Balaban J connectivity index is 1.50. The number of likely N-dealkylation sites (tertiary alicyclic amines) is 1. The van der Waals surface area contributed by atoms with Gasteiger partial charge in [-0.1, -0.05) is 12.1 Å². The number of H-pyrrole nitrogens is 1. The Morgan fingerprint density at radius 3 is 2.38 bits per heavy atom. The van der Waals surface area contributed by atoms with Crippen molar-refractivity contribution in [3.05, 3.63) is 41.6 Å². The van der Waals surface area contributed by atoms with Gasteiger partial charge in [0, 0.05) is 25.2 Å². The minimum Gasteiger partial charge on any atom is -0.316 e. The van der Waals surface area contributed by atoms with Crippen LogP contribution in [0, 0.1) is 11.8 Å². The highest BCUT2D eigenvalue weighted by molar-refractivity contribution is 5.63. The molecule has 0 amide bonds. The van der Waals surface area contributed by atoms with Crippen molar-refractivity contribution in [3.63, 3.8) is 0 Å². The molecule has 2 saturated heterocycles. The van der Waals surface area contributed by atoms with Crippen LogP contribution in [0.2, 0.25) is 0 Å². The van der Waals surface area contributed by atoms with Gasteiger partial charge in [-0.25, -0.2) is 0 Å². The van der Waals surface area contributed by atoms with Gasteiger partial charge < -0.3 is 5.32 Å². The summed E-state index contributed by atoms with van der Waals surface area (Å²) in [5.41, 5.74) is 1.94. The summed E-state index contributed by atoms with van der Waals surface area (Å²) in [5.74, 6) is 1.43. The maximum Gasteiger partial charge on any atom is 0.416 e. The fourth-order valence-corrected chi connectivity index (χ4v) is 3.83. The van der Waals surface area contributed by atoms with Crippen molar-refractivity contribution in [2.45, 2.75) is 12.7 Å². The van der Waals surface area contributed by atoms with Crippen molar-refractivity contribution in [1.29, 1.82) is 0 Å². The quantitative estimate of drug-likeness (QED) is 0.906. The van der Waals surface area contributed by atoms with Crippen LogP contribution in [0.1, 0.15) is 11.1 Å². The molecule has 0 spiro atoms. The second-order valence-electron chi connectivity index (χ2n) is 6.72. The molecule has 0 bridgehead atoms. The summed E-state index contributed by atoms with van der Waals surface area (Å²) in [5, 5.41) is 10.5. The highest BCUT2D eigenvalue weighted by Crippen LogP contribution is 2.32. The molecule has 2 aromatic rings. The molecule has 1 aromatic carbocycles. The minimum atomic E-state index is -4.31. The summed E-state index contributed by atoms with van der Waals surface area (Å²) in [7, 11) is 0. The van der Waals surface area contributed by atoms with Gasteiger partial charge >= 0.3 is 6.18 Å². The molecule has 24 heavy (non-hydrogen) atoms. The van der Waals surface area contributed by atoms with Gasteiger partial charge in [0.2, 0.25) is 0 Å². The Labute approximate surface area is 138 Å². The lowest BCUT2D eigenvalue weighted by molar-refractivity contribution is -0.137. The number of alkyl halides is 3. The lowest BCUT2D eigenvalue weighted by Crippen LogP contribution is -2.25. The minimum absolute atomic E-state index is 0.632. The highest BCUT2D eigenvalue weighted by Gasteiger charge is 2.36. The van der Waals surface area contributed by atoms with Gasteiger partial charge in [-0.2, -0.15) is 18.3 Å². The molecule has 2 N–H and O–H groups in total. The van der Waals surface area contributed by atoms with Crippen molar-refractivity contribution in [3.8, 4) is 11.3 Å². The molecule has 1 aromatic heterocycles. The van der Waals surface area contributed by atoms with Gasteiger partial charge in [0.05, 0.1) is 17.5 Å². The van der Waals surface area contributed by atoms with Crippen molar-refractivity contribution >= 4 is 0 Å². The molecule has 2 aliphatic rings. The molecule has 2 fully saturated rings. The molecule has 4 nitrogen and oxygen atoms in total. The average Bonchev–Trinajstić information content (AvgIpc) is 3.22. The number of hydrogen-bond acceptors (Lipinski definition) is 3. The summed E-state index contributed by atoms with van der Waals surface area (Å²) >= 11 is 0. The zero-order valence-electron chi connectivity index (χ0n) is 13.1. The van der Waals surface area contributed by atoms with Crippen molar-refractivity contribution in [2.24, 2.45) is 11.8 Å². The van der Waals surface area contributed by atoms with Crippen molar-refractivity contribution in [1.82, 2.24) is 20.4 Å². The number of hydrogen-bond donors (Lipinski definition) is 2. The molecule has 7 heteroatoms. The summed E-state index contributed by atoms with van der Waals surface area (Å²) < 4.78 is 38.1. The van der Waals surface area contributed by atoms with Crippen LogP contribution in [-0.4, -0.2) is 41.3 Å². The number of aromatic amines is 1. The Morgan fingerprint density at radius 1 is 1.08 bits per heavy atom. The molecule has 0 aliphatic carbocycles. The molecular weight excluding hydrogens is 317 g/mol. The molecule has 0 saturated carbocycles. The third-order valence-electron chi connectivity index (χ3n) is 5.08. The molecule has 0 unspecified atom stereocenters. The molecule has 0 radical (unpaired) electrons. The lowest BCUT2D eigenvalue weighted by atomic mass is 10.0. The standard InChI is InChI=1S/C17H19F3N4/c18-17(19,20)15-3-1-11(2-4-15)16-14(7-22-23-16)10-24-8-12-5-21-6-13(12)9-24/h1-4,7,12-13,21H,5-6,8-10H2,(H,22,23)/t12-,13+. The smallest absolute Gasteiger partial charge is 0.316 e. The van der Waals surface area contributed by atoms with Gasteiger partial charge in [0.1, 0.15) is 0 Å². The zero-order chi connectivity index (χ0) is 16.7. The maximum atomic E-state index is 12.7. The van der Waals surface area contributed by atoms with Crippen LogP contribution in [0.4, 0.5) is 13.2 Å². The third kappa shape index (κ3) is 2.93. The van der Waals surface area contributed by atoms with Crippen molar-refractivity contribution in [2.75, 3.05) is 26.2 Å². The SMILES string of the molecule is FC(F)(F)c1ccc(-c2[nH]ncc2CN2C[C@H]3CNC[C@H]3C2)cc1. The first-order valence-corrected chi connectivity index (χ1v) is 8.13. The largest absolute Gasteiger partial charge is 0.416 e. The maximum absolute atomic E-state index is 12.7. The van der Waals surface area contributed by atoms with E-state index in [1.165, 1.54) is 12.1 Å². The van der Waals surface area contributed by atoms with Gasteiger partial charge in [0.25, 0.3) is 0 Å². The predicted molar refractivity (Wildman–Crippen MR) is 84.2 cm³/mol. The highest BCUT2D eigenvalue weighted by atomic mass is 19.4. The van der Waals surface area contributed by atoms with Crippen LogP contribution in [-0.2, 0) is 12.7 Å². The summed E-state index contributed by atoms with van der Waals surface area (Å²) in [6, 6.07) is 5.24. The molecule has 2 aliphatic heterocycles. The van der Waals surface area contributed by atoms with Gasteiger partial charge in [0.15, 0.2) is 0 Å². The fourth-order valence-electron chi connectivity index (χ4n) is 3.83. The summed E-state index contributed by atoms with van der Waals surface area (Å²) in [6.07, 6.45) is -2.53. The first-order valence-electron chi connectivity index (χ1n) is 8.13. The van der Waals surface area contributed by atoms with E-state index in [4.69, 9.17) is 0 Å². The summed E-state index contributed by atoms with van der Waals surface area (Å²) in [4.78, 5) is 2.41. The van der Waals surface area contributed by atoms with E-state index in [-0.39, 0.29) is 0 Å². The Kier molecular flexibility index (Phi) is 3.85. The van der Waals surface area contributed by atoms with Gasteiger partial charge in [-0.05, 0) is 42.6 Å². The first kappa shape index (κ1) is 15.7. The number of nitrogens with zero attached hydrogens (tertiary/aromatic N) is 2. The van der Waals surface area contributed by atoms with E-state index in [0.717, 1.165) is 61.7 Å². The first-order chi connectivity index (χ1) is 11.5. The Morgan fingerprint density at radius 2 is 1.75 bits per heavy atom. The van der Waals surface area contributed by atoms with Gasteiger partial charge in [-0.15, -0.1) is 0 Å². The average molecular weight is 336 g/mol. The molecule has 2 atom stereocenters. The van der Waals surface area contributed by atoms with Gasteiger partial charge in [-0.3, -0.25) is 10.00 Å². The van der Waals surface area contributed by atoms with Crippen LogP contribution >= 0.6 is 0 Å². The predicted octanol–water partition coefficient (Wildman–Crippen LogP) is 2.75. The topological polar surface area (TPSA) is 44.0 Å². The van der Waals surface area contributed by atoms with Crippen LogP contribution in [0.15, 0.2) is 30.5 Å². The van der Waals surface area contributed by atoms with E-state index in [0.29, 0.717) is 11.8 Å². The molecular formula is C17H19F3N4. The number of halogens is 3. The number of rotatable bonds is 3. The van der Waals surface area contributed by atoms with Crippen LogP contribution in [0.25, 0.3) is 11.3 Å². The van der Waals surface area contributed by atoms with E-state index >= 15 is 0 Å². The second-order valence-corrected chi connectivity index (χ2v) is 6.72. The zero-order valence-corrected chi connectivity index (χ0v) is 13.1. The Hall–Kier alpha value is -1.86. The van der Waals surface area contributed by atoms with Crippen LogP contribution in [0.3, 0.4) is 0 Å². The molecule has 128 valence electrons. The lowest BCUT2D eigenvalue weighted by Gasteiger charge is -2.17. The van der Waals surface area contributed by atoms with Crippen LogP contribution in [0.5, 0.6) is 0 Å². The van der Waals surface area contributed by atoms with E-state index in [9.17, 15) is 13.2 Å². The van der Waals surface area contributed by atoms with E-state index < -0.39 is 11.7 Å². The van der Waals surface area contributed by atoms with Crippen molar-refractivity contribution < 1.29 is 13.2 Å². The van der Waals surface area contributed by atoms with E-state index in [2.05, 4.69) is 20.4 Å². The monoisotopic (exact) mass is 336 g/mol. The van der Waals surface area contributed by atoms with E-state index in [1.54, 1.807) is 6.20 Å². The number of aromatic nitrogens is 2. The summed E-state index contributed by atoms with van der Waals surface area (Å²) in [6.45, 7) is 5.07.